The molecule has 1 saturated carbocycles. The molecule has 0 bridgehead atoms. The lowest BCUT2D eigenvalue weighted by Gasteiger charge is -2.38. The van der Waals surface area contributed by atoms with E-state index >= 15 is 0 Å². The van der Waals surface area contributed by atoms with Crippen LogP contribution in [0.2, 0.25) is 0 Å². The Balaban J connectivity index is 2.19. The number of aromatic carboxylic acids is 1. The van der Waals surface area contributed by atoms with E-state index in [9.17, 15) is 9.59 Å². The summed E-state index contributed by atoms with van der Waals surface area (Å²) in [6, 6.07) is 4.73. The number of halogens is 1. The Morgan fingerprint density at radius 1 is 1.37 bits per heavy atom. The molecule has 2 N–H and O–H groups in total. The quantitative estimate of drug-likeness (QED) is 0.793. The molecular weight excluding hydrogens is 361 g/mol. The summed E-state index contributed by atoms with van der Waals surface area (Å²) in [6.07, 6.45) is 2.37. The minimum absolute atomic E-state index is 0.155. The van der Waals surface area contributed by atoms with E-state index in [2.05, 4.69) is 5.32 Å². The van der Waals surface area contributed by atoms with Crippen LogP contribution in [0.4, 0.5) is 5.69 Å². The number of nitrogens with one attached hydrogen (secondary N) is 1. The number of carbonyl (C=O) groups excluding carboxylic acids is 1. The molecule has 0 aromatic heterocycles. The monoisotopic (exact) mass is 375 g/mol. The molecule has 1 aliphatic rings. The molecule has 0 atom stereocenters. The number of hydrogen-bond acceptors (Lipinski definition) is 3. The Morgan fingerprint density at radius 2 is 2.05 bits per heavy atom. The first-order chi connectivity index (χ1) is 8.97. The lowest BCUT2D eigenvalue weighted by Crippen LogP contribution is -2.50. The predicted octanol–water partition coefficient (Wildman–Crippen LogP) is 2.50. The van der Waals surface area contributed by atoms with Crippen LogP contribution < -0.4 is 5.32 Å². The van der Waals surface area contributed by atoms with Crippen LogP contribution >= 0.6 is 22.6 Å². The molecule has 19 heavy (non-hydrogen) atoms. The first-order valence-corrected chi connectivity index (χ1v) is 6.95. The zero-order valence-corrected chi connectivity index (χ0v) is 12.6. The molecule has 1 aromatic rings. The SMILES string of the molecule is COC1(C(=O)Nc2cc(I)cc(C(=O)O)c2)CCC1. The molecular formula is C13H14INO4. The molecule has 2 rings (SSSR count). The van der Waals surface area contributed by atoms with Crippen LogP contribution in [0, 0.1) is 3.57 Å². The van der Waals surface area contributed by atoms with Crippen molar-refractivity contribution in [2.24, 2.45) is 0 Å². The van der Waals surface area contributed by atoms with Crippen molar-refractivity contribution in [2.75, 3.05) is 12.4 Å². The van der Waals surface area contributed by atoms with E-state index in [1.54, 1.807) is 12.1 Å². The van der Waals surface area contributed by atoms with Crippen LogP contribution in [0.1, 0.15) is 29.6 Å². The molecule has 6 heteroatoms. The van der Waals surface area contributed by atoms with Crippen molar-refractivity contribution in [3.05, 3.63) is 27.3 Å². The van der Waals surface area contributed by atoms with Crippen molar-refractivity contribution < 1.29 is 19.4 Å². The highest BCUT2D eigenvalue weighted by molar-refractivity contribution is 14.1. The van der Waals surface area contributed by atoms with E-state index < -0.39 is 11.6 Å². The second-order valence-electron chi connectivity index (χ2n) is 4.54. The number of carboxylic acids is 1. The van der Waals surface area contributed by atoms with Gasteiger partial charge in [0.1, 0.15) is 5.60 Å². The molecule has 102 valence electrons. The van der Waals surface area contributed by atoms with Gasteiger partial charge in [0.15, 0.2) is 0 Å². The fourth-order valence-corrected chi connectivity index (χ4v) is 2.72. The van der Waals surface area contributed by atoms with E-state index in [0.717, 1.165) is 9.99 Å². The standard InChI is InChI=1S/C13H14INO4/c1-19-13(3-2-4-13)12(18)15-10-6-8(11(16)17)5-9(14)7-10/h5-7H,2-4H2,1H3,(H,15,18)(H,16,17). The van der Waals surface area contributed by atoms with E-state index in [0.29, 0.717) is 18.5 Å². The van der Waals surface area contributed by atoms with Gasteiger partial charge in [-0.15, -0.1) is 0 Å². The second kappa shape index (κ2) is 5.46. The number of carboxylic acid groups (broad SMARTS) is 1. The summed E-state index contributed by atoms with van der Waals surface area (Å²) in [5.74, 6) is -1.22. The molecule has 0 radical (unpaired) electrons. The fraction of sp³-hybridized carbons (Fsp3) is 0.385. The van der Waals surface area contributed by atoms with E-state index in [4.69, 9.17) is 9.84 Å². The molecule has 0 spiro atoms. The third-order valence-electron chi connectivity index (χ3n) is 3.37. The number of carbonyl (C=O) groups is 2. The van der Waals surface area contributed by atoms with Crippen LogP contribution in [-0.2, 0) is 9.53 Å². The van der Waals surface area contributed by atoms with Crippen molar-refractivity contribution in [3.8, 4) is 0 Å². The summed E-state index contributed by atoms with van der Waals surface area (Å²) in [5.41, 5.74) is -0.107. The van der Waals surface area contributed by atoms with Crippen LogP contribution in [0.5, 0.6) is 0 Å². The lowest BCUT2D eigenvalue weighted by atomic mass is 9.79. The van der Waals surface area contributed by atoms with Crippen molar-refractivity contribution in [2.45, 2.75) is 24.9 Å². The summed E-state index contributed by atoms with van der Waals surface area (Å²) in [7, 11) is 1.52. The van der Waals surface area contributed by atoms with Crippen molar-refractivity contribution >= 4 is 40.2 Å². The number of ether oxygens (including phenoxy) is 1. The summed E-state index contributed by atoms with van der Waals surface area (Å²) in [5, 5.41) is 11.7. The Bertz CT molecular complexity index is 520. The van der Waals surface area contributed by atoms with Crippen molar-refractivity contribution in [1.29, 1.82) is 0 Å². The summed E-state index contributed by atoms with van der Waals surface area (Å²) < 4.78 is 6.04. The van der Waals surface area contributed by atoms with Crippen LogP contribution in [0.25, 0.3) is 0 Å². The molecule has 0 heterocycles. The molecule has 0 unspecified atom stereocenters. The normalized spacial score (nSPS) is 16.5. The van der Waals surface area contributed by atoms with Gasteiger partial charge in [-0.25, -0.2) is 4.79 Å². The Kier molecular flexibility index (Phi) is 4.10. The predicted molar refractivity (Wildman–Crippen MR) is 78.3 cm³/mol. The summed E-state index contributed by atoms with van der Waals surface area (Å²) >= 11 is 2.02. The summed E-state index contributed by atoms with van der Waals surface area (Å²) in [6.45, 7) is 0. The fourth-order valence-electron chi connectivity index (χ4n) is 2.05. The van der Waals surface area contributed by atoms with Crippen LogP contribution in [-0.4, -0.2) is 29.7 Å². The Morgan fingerprint density at radius 3 is 2.53 bits per heavy atom. The topological polar surface area (TPSA) is 75.6 Å². The number of amides is 1. The Hall–Kier alpha value is -1.15. The van der Waals surface area contributed by atoms with Gasteiger partial charge >= 0.3 is 5.97 Å². The number of methoxy groups -OCH3 is 1. The van der Waals surface area contributed by atoms with Gasteiger partial charge in [-0.2, -0.15) is 0 Å². The third-order valence-corrected chi connectivity index (χ3v) is 3.99. The van der Waals surface area contributed by atoms with Gasteiger partial charge in [0, 0.05) is 16.4 Å². The van der Waals surface area contributed by atoms with Crippen LogP contribution in [0.3, 0.4) is 0 Å². The molecule has 1 amide bonds. The first kappa shape index (κ1) is 14.3. The first-order valence-electron chi connectivity index (χ1n) is 5.87. The molecule has 1 aromatic carbocycles. The highest BCUT2D eigenvalue weighted by atomic mass is 127. The maximum absolute atomic E-state index is 12.2. The smallest absolute Gasteiger partial charge is 0.335 e. The number of rotatable bonds is 4. The van der Waals surface area contributed by atoms with E-state index in [-0.39, 0.29) is 11.5 Å². The van der Waals surface area contributed by atoms with Gasteiger partial charge < -0.3 is 15.2 Å². The minimum atomic E-state index is -1.01. The highest BCUT2D eigenvalue weighted by Crippen LogP contribution is 2.36. The third kappa shape index (κ3) is 2.89. The van der Waals surface area contributed by atoms with Gasteiger partial charge in [-0.1, -0.05) is 0 Å². The largest absolute Gasteiger partial charge is 0.478 e. The average Bonchev–Trinajstić information content (AvgIpc) is 2.27. The zero-order chi connectivity index (χ0) is 14.0. The van der Waals surface area contributed by atoms with Gasteiger partial charge in [-0.05, 0) is 60.1 Å². The average molecular weight is 375 g/mol. The second-order valence-corrected chi connectivity index (χ2v) is 5.79. The van der Waals surface area contributed by atoms with Crippen molar-refractivity contribution in [1.82, 2.24) is 0 Å². The summed E-state index contributed by atoms with van der Waals surface area (Å²) in [4.78, 5) is 23.1. The van der Waals surface area contributed by atoms with Gasteiger partial charge in [0.25, 0.3) is 5.91 Å². The molecule has 0 saturated heterocycles. The van der Waals surface area contributed by atoms with E-state index in [1.807, 2.05) is 22.6 Å². The highest BCUT2D eigenvalue weighted by Gasteiger charge is 2.44. The number of anilines is 1. The van der Waals surface area contributed by atoms with Gasteiger partial charge in [0.05, 0.1) is 5.56 Å². The zero-order valence-electron chi connectivity index (χ0n) is 10.4. The minimum Gasteiger partial charge on any atom is -0.478 e. The lowest BCUT2D eigenvalue weighted by molar-refractivity contribution is -0.148. The molecule has 1 aliphatic carbocycles. The number of benzene rings is 1. The van der Waals surface area contributed by atoms with E-state index in [1.165, 1.54) is 13.2 Å². The molecule has 0 aliphatic heterocycles. The Labute approximate surface area is 124 Å². The number of hydrogen-bond donors (Lipinski definition) is 2. The maximum atomic E-state index is 12.2. The van der Waals surface area contributed by atoms with Gasteiger partial charge in [-0.3, -0.25) is 4.79 Å². The van der Waals surface area contributed by atoms with Crippen LogP contribution in [0.15, 0.2) is 18.2 Å². The molecule has 1 fully saturated rings. The van der Waals surface area contributed by atoms with Gasteiger partial charge in [0.2, 0.25) is 0 Å². The van der Waals surface area contributed by atoms with Crippen molar-refractivity contribution in [3.63, 3.8) is 0 Å². The molecule has 5 nitrogen and oxygen atoms in total. The maximum Gasteiger partial charge on any atom is 0.335 e.